The highest BCUT2D eigenvalue weighted by Crippen LogP contribution is 2.25. The van der Waals surface area contributed by atoms with Gasteiger partial charge in [0.15, 0.2) is 5.76 Å². The number of para-hydroxylation sites is 2. The molecule has 0 unspecified atom stereocenters. The molecule has 3 aromatic carbocycles. The fourth-order valence-electron chi connectivity index (χ4n) is 4.57. The normalized spacial score (nSPS) is 14.5. The van der Waals surface area contributed by atoms with Crippen molar-refractivity contribution < 1.29 is 9.21 Å². The molecule has 0 bridgehead atoms. The number of rotatable bonds is 6. The van der Waals surface area contributed by atoms with Crippen molar-refractivity contribution in [3.05, 3.63) is 101 Å². The highest BCUT2D eigenvalue weighted by molar-refractivity contribution is 5.98. The van der Waals surface area contributed by atoms with E-state index in [2.05, 4.69) is 63.6 Å². The van der Waals surface area contributed by atoms with Gasteiger partial charge in [-0.2, -0.15) is 0 Å². The molecule has 0 aliphatic carbocycles. The van der Waals surface area contributed by atoms with Crippen LogP contribution in [0.4, 0.5) is 5.69 Å². The van der Waals surface area contributed by atoms with Crippen LogP contribution in [0.15, 0.2) is 83.3 Å². The van der Waals surface area contributed by atoms with Gasteiger partial charge < -0.3 is 14.6 Å². The van der Waals surface area contributed by atoms with Crippen molar-refractivity contribution in [3.63, 3.8) is 0 Å². The SMILES string of the molecule is Cc1c(C(=O)NCc2ccccc2CN2CCN(c3ccccc3)CC2)oc2ccccc12. The van der Waals surface area contributed by atoms with Crippen LogP contribution >= 0.6 is 0 Å². The van der Waals surface area contributed by atoms with Crippen LogP contribution in [0.25, 0.3) is 11.0 Å². The van der Waals surface area contributed by atoms with Crippen molar-refractivity contribution in [1.29, 1.82) is 0 Å². The lowest BCUT2D eigenvalue weighted by molar-refractivity contribution is 0.0924. The third-order valence-corrected chi connectivity index (χ3v) is 6.50. The molecule has 1 saturated heterocycles. The number of piperazine rings is 1. The first-order valence-electron chi connectivity index (χ1n) is 11.5. The molecule has 0 saturated carbocycles. The van der Waals surface area contributed by atoms with Crippen molar-refractivity contribution in [2.75, 3.05) is 31.1 Å². The van der Waals surface area contributed by atoms with E-state index in [4.69, 9.17) is 4.42 Å². The molecule has 0 radical (unpaired) electrons. The average molecular weight is 440 g/mol. The van der Waals surface area contributed by atoms with Crippen LogP contribution < -0.4 is 10.2 Å². The lowest BCUT2D eigenvalue weighted by atomic mass is 10.1. The van der Waals surface area contributed by atoms with Gasteiger partial charge >= 0.3 is 0 Å². The van der Waals surface area contributed by atoms with E-state index in [1.54, 1.807) is 0 Å². The summed E-state index contributed by atoms with van der Waals surface area (Å²) in [5.41, 5.74) is 5.32. The molecule has 4 aromatic rings. The number of benzene rings is 3. The standard InChI is InChI=1S/C28H29N3O2/c1-21-25-13-7-8-14-26(25)33-27(21)28(32)29-19-22-9-5-6-10-23(22)20-30-15-17-31(18-16-30)24-11-3-2-4-12-24/h2-14H,15-20H2,1H3,(H,29,32). The van der Waals surface area contributed by atoms with E-state index < -0.39 is 0 Å². The molecule has 33 heavy (non-hydrogen) atoms. The van der Waals surface area contributed by atoms with E-state index in [0.29, 0.717) is 12.3 Å². The van der Waals surface area contributed by atoms with Gasteiger partial charge in [-0.05, 0) is 36.2 Å². The van der Waals surface area contributed by atoms with E-state index in [9.17, 15) is 4.79 Å². The third-order valence-electron chi connectivity index (χ3n) is 6.50. The first-order valence-corrected chi connectivity index (χ1v) is 11.5. The lowest BCUT2D eigenvalue weighted by Crippen LogP contribution is -2.46. The van der Waals surface area contributed by atoms with Crippen molar-refractivity contribution in [2.24, 2.45) is 0 Å². The molecular formula is C28H29N3O2. The van der Waals surface area contributed by atoms with Gasteiger partial charge in [-0.1, -0.05) is 60.7 Å². The summed E-state index contributed by atoms with van der Waals surface area (Å²) in [6, 6.07) is 26.7. The molecule has 0 spiro atoms. The molecule has 5 rings (SSSR count). The zero-order valence-electron chi connectivity index (χ0n) is 19.0. The van der Waals surface area contributed by atoms with Crippen LogP contribution in [-0.2, 0) is 13.1 Å². The molecule has 5 nitrogen and oxygen atoms in total. The number of fused-ring (bicyclic) bond motifs is 1. The zero-order valence-corrected chi connectivity index (χ0v) is 19.0. The smallest absolute Gasteiger partial charge is 0.287 e. The topological polar surface area (TPSA) is 48.7 Å². The second-order valence-corrected chi connectivity index (χ2v) is 8.60. The number of carbonyl (C=O) groups excluding carboxylic acids is 1. The number of nitrogens with one attached hydrogen (secondary N) is 1. The Bertz CT molecular complexity index is 1240. The molecule has 1 fully saturated rings. The molecule has 1 amide bonds. The van der Waals surface area contributed by atoms with Crippen LogP contribution in [0.1, 0.15) is 27.2 Å². The van der Waals surface area contributed by atoms with E-state index in [-0.39, 0.29) is 5.91 Å². The Balaban J connectivity index is 1.21. The number of anilines is 1. The quantitative estimate of drug-likeness (QED) is 0.460. The second kappa shape index (κ2) is 9.51. The molecule has 1 aliphatic rings. The fraction of sp³-hybridized carbons (Fsp3) is 0.250. The Labute approximate surface area is 194 Å². The van der Waals surface area contributed by atoms with Crippen LogP contribution in [0.3, 0.4) is 0 Å². The first-order chi connectivity index (χ1) is 16.2. The van der Waals surface area contributed by atoms with Gasteiger partial charge in [-0.15, -0.1) is 0 Å². The summed E-state index contributed by atoms with van der Waals surface area (Å²) in [5.74, 6) is 0.223. The van der Waals surface area contributed by atoms with Gasteiger partial charge in [-0.25, -0.2) is 0 Å². The van der Waals surface area contributed by atoms with Crippen molar-refractivity contribution in [2.45, 2.75) is 20.0 Å². The molecule has 168 valence electrons. The molecule has 0 atom stereocenters. The largest absolute Gasteiger partial charge is 0.451 e. The zero-order chi connectivity index (χ0) is 22.6. The Kier molecular flexibility index (Phi) is 6.13. The number of furan rings is 1. The van der Waals surface area contributed by atoms with Gasteiger partial charge in [0.25, 0.3) is 5.91 Å². The summed E-state index contributed by atoms with van der Waals surface area (Å²) in [6.07, 6.45) is 0. The Morgan fingerprint density at radius 1 is 0.848 bits per heavy atom. The Morgan fingerprint density at radius 2 is 1.52 bits per heavy atom. The van der Waals surface area contributed by atoms with Gasteiger partial charge in [-0.3, -0.25) is 9.69 Å². The van der Waals surface area contributed by atoms with E-state index in [1.807, 2.05) is 37.3 Å². The van der Waals surface area contributed by atoms with Crippen molar-refractivity contribution in [3.8, 4) is 0 Å². The maximum atomic E-state index is 12.9. The number of hydrogen-bond donors (Lipinski definition) is 1. The minimum atomic E-state index is -0.171. The van der Waals surface area contributed by atoms with Crippen molar-refractivity contribution >= 4 is 22.6 Å². The molecule has 1 N–H and O–H groups in total. The Morgan fingerprint density at radius 3 is 2.27 bits per heavy atom. The first kappa shape index (κ1) is 21.3. The summed E-state index contributed by atoms with van der Waals surface area (Å²) in [5, 5.41) is 4.05. The summed E-state index contributed by atoms with van der Waals surface area (Å²) >= 11 is 0. The highest BCUT2D eigenvalue weighted by atomic mass is 16.3. The molecule has 1 aromatic heterocycles. The monoisotopic (exact) mass is 439 g/mol. The molecular weight excluding hydrogens is 410 g/mol. The van der Waals surface area contributed by atoms with Gasteiger partial charge in [0.1, 0.15) is 5.58 Å². The third kappa shape index (κ3) is 4.64. The van der Waals surface area contributed by atoms with Crippen LogP contribution in [0, 0.1) is 6.92 Å². The molecule has 1 aliphatic heterocycles. The van der Waals surface area contributed by atoms with E-state index >= 15 is 0 Å². The van der Waals surface area contributed by atoms with Gasteiger partial charge in [0.05, 0.1) is 0 Å². The minimum absolute atomic E-state index is 0.171. The summed E-state index contributed by atoms with van der Waals surface area (Å²) in [7, 11) is 0. The van der Waals surface area contributed by atoms with Crippen LogP contribution in [-0.4, -0.2) is 37.0 Å². The number of hydrogen-bond acceptors (Lipinski definition) is 4. The van der Waals surface area contributed by atoms with E-state index in [0.717, 1.165) is 54.8 Å². The lowest BCUT2D eigenvalue weighted by Gasteiger charge is -2.36. The van der Waals surface area contributed by atoms with Crippen LogP contribution in [0.5, 0.6) is 0 Å². The average Bonchev–Trinajstić information content (AvgIpc) is 3.21. The number of nitrogens with zero attached hydrogens (tertiary/aromatic N) is 2. The minimum Gasteiger partial charge on any atom is -0.451 e. The maximum absolute atomic E-state index is 12.9. The maximum Gasteiger partial charge on any atom is 0.287 e. The highest BCUT2D eigenvalue weighted by Gasteiger charge is 2.20. The molecule has 2 heterocycles. The van der Waals surface area contributed by atoms with E-state index in [1.165, 1.54) is 11.3 Å². The second-order valence-electron chi connectivity index (χ2n) is 8.60. The molecule has 5 heteroatoms. The fourth-order valence-corrected chi connectivity index (χ4v) is 4.57. The van der Waals surface area contributed by atoms with Gasteiger partial charge in [0.2, 0.25) is 0 Å². The summed E-state index contributed by atoms with van der Waals surface area (Å²) in [4.78, 5) is 17.8. The predicted octanol–water partition coefficient (Wildman–Crippen LogP) is 4.99. The van der Waals surface area contributed by atoms with Crippen molar-refractivity contribution in [1.82, 2.24) is 10.2 Å². The Hall–Kier alpha value is -3.57. The summed E-state index contributed by atoms with van der Waals surface area (Å²) in [6.45, 7) is 7.39. The summed E-state index contributed by atoms with van der Waals surface area (Å²) < 4.78 is 5.82. The van der Waals surface area contributed by atoms with Gasteiger partial charge in [0, 0.05) is 55.9 Å². The number of amides is 1. The predicted molar refractivity (Wildman–Crippen MR) is 132 cm³/mol. The number of carbonyl (C=O) groups is 1. The number of aryl methyl sites for hydroxylation is 1. The van der Waals surface area contributed by atoms with Crippen LogP contribution in [0.2, 0.25) is 0 Å².